The molecule has 0 fully saturated rings. The molecule has 1 aliphatic heterocycles. The molecule has 68 valence electrons. The van der Waals surface area contributed by atoms with Crippen molar-refractivity contribution in [1.29, 1.82) is 0 Å². The Bertz CT molecular complexity index is 534. The number of benzene rings is 1. The molecule has 0 saturated carbocycles. The SMILES string of the molecule is C1=Cc2sc3ccccc3c2C=CN1. The van der Waals surface area contributed by atoms with Gasteiger partial charge in [0.2, 0.25) is 0 Å². The standard InChI is InChI=1S/C12H9NS/c1-2-4-11-9(3-1)10-5-7-13-8-6-12(10)14-11/h1-8,13H. The van der Waals surface area contributed by atoms with Gasteiger partial charge in [-0.3, -0.25) is 0 Å². The van der Waals surface area contributed by atoms with E-state index in [4.69, 9.17) is 0 Å². The van der Waals surface area contributed by atoms with Crippen LogP contribution in [0.1, 0.15) is 10.4 Å². The molecule has 0 spiro atoms. The summed E-state index contributed by atoms with van der Waals surface area (Å²) in [7, 11) is 0. The Morgan fingerprint density at radius 1 is 1.00 bits per heavy atom. The van der Waals surface area contributed by atoms with Gasteiger partial charge in [0.15, 0.2) is 0 Å². The Morgan fingerprint density at radius 3 is 2.86 bits per heavy atom. The van der Waals surface area contributed by atoms with Gasteiger partial charge in [0.05, 0.1) is 0 Å². The second kappa shape index (κ2) is 3.00. The van der Waals surface area contributed by atoms with Crippen LogP contribution in [0.2, 0.25) is 0 Å². The highest BCUT2D eigenvalue weighted by Crippen LogP contribution is 2.33. The smallest absolute Gasteiger partial charge is 0.0370 e. The largest absolute Gasteiger partial charge is 0.368 e. The third-order valence-corrected chi connectivity index (χ3v) is 3.49. The lowest BCUT2D eigenvalue weighted by Gasteiger charge is -1.90. The summed E-state index contributed by atoms with van der Waals surface area (Å²) in [5.41, 5.74) is 1.33. The summed E-state index contributed by atoms with van der Waals surface area (Å²) in [5, 5.41) is 4.44. The quantitative estimate of drug-likeness (QED) is 0.685. The van der Waals surface area contributed by atoms with Crippen LogP contribution >= 0.6 is 11.3 Å². The molecule has 0 amide bonds. The molecule has 3 rings (SSSR count). The van der Waals surface area contributed by atoms with Gasteiger partial charge >= 0.3 is 0 Å². The van der Waals surface area contributed by atoms with Crippen LogP contribution in [0, 0.1) is 0 Å². The molecule has 1 aromatic carbocycles. The van der Waals surface area contributed by atoms with Crippen molar-refractivity contribution in [3.63, 3.8) is 0 Å². The lowest BCUT2D eigenvalue weighted by Crippen LogP contribution is -1.87. The van der Waals surface area contributed by atoms with Crippen LogP contribution in [-0.2, 0) is 0 Å². The predicted molar refractivity (Wildman–Crippen MR) is 63.0 cm³/mol. The lowest BCUT2D eigenvalue weighted by atomic mass is 10.1. The fourth-order valence-electron chi connectivity index (χ4n) is 1.69. The fraction of sp³-hybridized carbons (Fsp3) is 0. The van der Waals surface area contributed by atoms with Crippen molar-refractivity contribution in [1.82, 2.24) is 5.32 Å². The van der Waals surface area contributed by atoms with Crippen molar-refractivity contribution in [3.05, 3.63) is 47.1 Å². The van der Waals surface area contributed by atoms with Gasteiger partial charge in [0.1, 0.15) is 0 Å². The molecule has 0 atom stereocenters. The van der Waals surface area contributed by atoms with Gasteiger partial charge in [-0.1, -0.05) is 18.2 Å². The number of thiophene rings is 1. The van der Waals surface area contributed by atoms with E-state index in [-0.39, 0.29) is 0 Å². The summed E-state index contributed by atoms with van der Waals surface area (Å²) >= 11 is 1.83. The van der Waals surface area contributed by atoms with Crippen LogP contribution in [0.5, 0.6) is 0 Å². The highest BCUT2D eigenvalue weighted by Gasteiger charge is 2.07. The van der Waals surface area contributed by atoms with E-state index in [0.29, 0.717) is 0 Å². The second-order valence-electron chi connectivity index (χ2n) is 3.21. The average Bonchev–Trinajstić information content (AvgIpc) is 2.42. The molecule has 0 unspecified atom stereocenters. The van der Waals surface area contributed by atoms with Crippen LogP contribution < -0.4 is 5.32 Å². The maximum Gasteiger partial charge on any atom is 0.0370 e. The molecule has 1 aliphatic rings. The van der Waals surface area contributed by atoms with E-state index >= 15 is 0 Å². The van der Waals surface area contributed by atoms with Gasteiger partial charge < -0.3 is 5.32 Å². The molecular weight excluding hydrogens is 190 g/mol. The molecule has 0 radical (unpaired) electrons. The zero-order valence-corrected chi connectivity index (χ0v) is 8.34. The second-order valence-corrected chi connectivity index (χ2v) is 4.29. The summed E-state index contributed by atoms with van der Waals surface area (Å²) in [4.78, 5) is 1.33. The van der Waals surface area contributed by atoms with Crippen molar-refractivity contribution < 1.29 is 0 Å². The Balaban J connectivity index is 2.41. The first-order valence-electron chi connectivity index (χ1n) is 4.56. The number of hydrogen-bond acceptors (Lipinski definition) is 2. The predicted octanol–water partition coefficient (Wildman–Crippen LogP) is 3.45. The van der Waals surface area contributed by atoms with E-state index in [1.54, 1.807) is 0 Å². The Labute approximate surface area is 86.4 Å². The van der Waals surface area contributed by atoms with E-state index in [1.165, 1.54) is 20.5 Å². The van der Waals surface area contributed by atoms with Gasteiger partial charge in [-0.15, -0.1) is 11.3 Å². The molecule has 2 heterocycles. The minimum Gasteiger partial charge on any atom is -0.368 e. The highest BCUT2D eigenvalue weighted by molar-refractivity contribution is 7.20. The van der Waals surface area contributed by atoms with Gasteiger partial charge in [0, 0.05) is 32.9 Å². The normalized spacial score (nSPS) is 13.7. The third-order valence-electron chi connectivity index (χ3n) is 2.34. The van der Waals surface area contributed by atoms with Crippen LogP contribution in [-0.4, -0.2) is 0 Å². The minimum atomic E-state index is 1.33. The first kappa shape index (κ1) is 7.83. The van der Waals surface area contributed by atoms with Crippen molar-refractivity contribution in [2.75, 3.05) is 0 Å². The fourth-order valence-corrected chi connectivity index (χ4v) is 2.79. The van der Waals surface area contributed by atoms with Gasteiger partial charge in [0.25, 0.3) is 0 Å². The van der Waals surface area contributed by atoms with E-state index in [9.17, 15) is 0 Å². The summed E-state index contributed by atoms with van der Waals surface area (Å²) in [6.07, 6.45) is 8.20. The molecule has 0 aliphatic carbocycles. The first-order chi connectivity index (χ1) is 6.95. The third kappa shape index (κ3) is 1.08. The molecule has 14 heavy (non-hydrogen) atoms. The Hall–Kier alpha value is -1.54. The van der Waals surface area contributed by atoms with Crippen LogP contribution in [0.25, 0.3) is 22.2 Å². The molecular formula is C12H9NS. The van der Waals surface area contributed by atoms with Crippen molar-refractivity contribution in [2.45, 2.75) is 0 Å². The van der Waals surface area contributed by atoms with Crippen molar-refractivity contribution in [3.8, 4) is 0 Å². The summed E-state index contributed by atoms with van der Waals surface area (Å²) < 4.78 is 1.36. The van der Waals surface area contributed by atoms with E-state index in [2.05, 4.69) is 41.7 Å². The average molecular weight is 199 g/mol. The van der Waals surface area contributed by atoms with E-state index in [0.717, 1.165) is 0 Å². The Kier molecular flexibility index (Phi) is 1.67. The van der Waals surface area contributed by atoms with E-state index in [1.807, 2.05) is 23.7 Å². The number of fused-ring (bicyclic) bond motifs is 3. The highest BCUT2D eigenvalue weighted by atomic mass is 32.1. The topological polar surface area (TPSA) is 12.0 Å². The number of hydrogen-bond donors (Lipinski definition) is 1. The van der Waals surface area contributed by atoms with Crippen LogP contribution in [0.15, 0.2) is 36.7 Å². The molecule has 0 saturated heterocycles. The Morgan fingerprint density at radius 2 is 1.86 bits per heavy atom. The molecule has 1 N–H and O–H groups in total. The molecule has 1 aromatic heterocycles. The van der Waals surface area contributed by atoms with Crippen LogP contribution in [0.4, 0.5) is 0 Å². The van der Waals surface area contributed by atoms with E-state index < -0.39 is 0 Å². The summed E-state index contributed by atoms with van der Waals surface area (Å²) in [6, 6.07) is 8.52. The zero-order chi connectivity index (χ0) is 9.38. The maximum absolute atomic E-state index is 3.09. The number of rotatable bonds is 0. The molecule has 0 bridgehead atoms. The summed E-state index contributed by atoms with van der Waals surface area (Å²) in [6.45, 7) is 0. The monoisotopic (exact) mass is 199 g/mol. The van der Waals surface area contributed by atoms with Crippen molar-refractivity contribution in [2.24, 2.45) is 0 Å². The molecule has 2 aromatic rings. The van der Waals surface area contributed by atoms with Gasteiger partial charge in [-0.25, -0.2) is 0 Å². The van der Waals surface area contributed by atoms with Gasteiger partial charge in [-0.2, -0.15) is 0 Å². The maximum atomic E-state index is 3.09. The first-order valence-corrected chi connectivity index (χ1v) is 5.37. The molecule has 2 heteroatoms. The molecule has 1 nitrogen and oxygen atoms in total. The minimum absolute atomic E-state index is 1.33. The van der Waals surface area contributed by atoms with Crippen LogP contribution in [0.3, 0.4) is 0 Å². The zero-order valence-electron chi connectivity index (χ0n) is 7.53. The number of nitrogens with one attached hydrogen (secondary N) is 1. The van der Waals surface area contributed by atoms with Crippen molar-refractivity contribution >= 4 is 33.6 Å². The lowest BCUT2D eigenvalue weighted by molar-refractivity contribution is 1.22. The van der Waals surface area contributed by atoms with Gasteiger partial charge in [-0.05, 0) is 18.2 Å². The summed E-state index contributed by atoms with van der Waals surface area (Å²) in [5.74, 6) is 0.